The molecule has 0 aromatic carbocycles. The monoisotopic (exact) mass is 749 g/mol. The topological polar surface area (TPSA) is 228 Å². The summed E-state index contributed by atoms with van der Waals surface area (Å²) in [7, 11) is 0. The van der Waals surface area contributed by atoms with Gasteiger partial charge in [-0.1, -0.05) is 116 Å². The molecule has 2 saturated heterocycles. The largest absolute Gasteiger partial charge is 0.394 e. The molecule has 9 N–H and O–H groups in total. The Hall–Kier alpha value is -1.27. The molecule has 14 heteroatoms. The Kier molecular flexibility index (Phi) is 24.6. The molecule has 2 rings (SSSR count). The second-order valence-electron chi connectivity index (χ2n) is 14.4. The summed E-state index contributed by atoms with van der Waals surface area (Å²) in [6, 6.07) is -0.902. The van der Waals surface area contributed by atoms with Crippen molar-refractivity contribution in [2.75, 3.05) is 19.8 Å². The van der Waals surface area contributed by atoms with Crippen molar-refractivity contribution < 1.29 is 64.6 Å². The average molecular weight is 750 g/mol. The first-order chi connectivity index (χ1) is 25.1. The van der Waals surface area contributed by atoms with E-state index in [-0.39, 0.29) is 18.9 Å². The maximum Gasteiger partial charge on any atom is 0.220 e. The SMILES string of the molecule is CCCCCCCCCCCCCC=C[C@H](O)[C@H](CO[C@@H]1O[C@H](CO)[C@@H](O[C@@H]2O[C@H](CO)[C@H](O)[C@H](O)[C@H]2O)[C@H](O)[C@H]1O)NC(=O)CCCCCCC. The van der Waals surface area contributed by atoms with E-state index in [1.165, 1.54) is 57.8 Å². The van der Waals surface area contributed by atoms with Gasteiger partial charge in [-0.15, -0.1) is 0 Å². The standard InChI is InChI=1S/C38H71NO13/c1-3-5-7-9-10-11-12-13-14-15-16-18-19-21-27(42)26(39-30(43)22-20-17-8-6-4-2)25-49-37-35(48)33(46)36(29(24-41)51-37)52-38-34(47)32(45)31(44)28(23-40)50-38/h19,21,26-29,31-38,40-42,44-48H,3-18,20,22-25H2,1-2H3,(H,39,43)/t26-,27-,28+,29+,31-,32-,33+,34+,35+,36+,37+,38-/m0/s1. The summed E-state index contributed by atoms with van der Waals surface area (Å²) in [6.07, 6.45) is 6.08. The molecule has 0 radical (unpaired) electrons. The minimum absolute atomic E-state index is 0.255. The van der Waals surface area contributed by atoms with E-state index in [9.17, 15) is 45.6 Å². The Labute approximate surface area is 310 Å². The molecule has 0 spiro atoms. The number of allylic oxidation sites excluding steroid dienone is 1. The fourth-order valence-corrected chi connectivity index (χ4v) is 6.58. The van der Waals surface area contributed by atoms with E-state index in [1.54, 1.807) is 6.08 Å². The molecule has 2 fully saturated rings. The number of hydrogen-bond donors (Lipinski definition) is 9. The van der Waals surface area contributed by atoms with Gasteiger partial charge >= 0.3 is 0 Å². The lowest BCUT2D eigenvalue weighted by Crippen LogP contribution is -2.65. The zero-order chi connectivity index (χ0) is 38.3. The van der Waals surface area contributed by atoms with Crippen LogP contribution in [-0.2, 0) is 23.7 Å². The van der Waals surface area contributed by atoms with Crippen LogP contribution in [-0.4, -0.2) is 140 Å². The van der Waals surface area contributed by atoms with Crippen molar-refractivity contribution >= 4 is 5.91 Å². The Morgan fingerprint density at radius 3 is 1.77 bits per heavy atom. The molecule has 306 valence electrons. The van der Waals surface area contributed by atoms with Gasteiger partial charge in [0.15, 0.2) is 12.6 Å². The number of aliphatic hydroxyl groups is 8. The maximum atomic E-state index is 12.8. The number of nitrogens with one attached hydrogen (secondary N) is 1. The lowest BCUT2D eigenvalue weighted by Gasteiger charge is -2.46. The zero-order valence-electron chi connectivity index (χ0n) is 31.6. The van der Waals surface area contributed by atoms with Crippen LogP contribution < -0.4 is 5.32 Å². The first kappa shape index (κ1) is 46.9. The summed E-state index contributed by atoms with van der Waals surface area (Å²) < 4.78 is 22.5. The number of amides is 1. The van der Waals surface area contributed by atoms with E-state index in [2.05, 4.69) is 19.2 Å². The van der Waals surface area contributed by atoms with Crippen molar-refractivity contribution in [3.8, 4) is 0 Å². The van der Waals surface area contributed by atoms with Crippen LogP contribution in [0.1, 0.15) is 129 Å². The highest BCUT2D eigenvalue weighted by atomic mass is 16.7. The van der Waals surface area contributed by atoms with Gasteiger partial charge in [-0.05, 0) is 19.3 Å². The highest BCUT2D eigenvalue weighted by Gasteiger charge is 2.50. The molecule has 0 bridgehead atoms. The van der Waals surface area contributed by atoms with E-state index < -0.39 is 86.8 Å². The van der Waals surface area contributed by atoms with E-state index in [0.29, 0.717) is 6.42 Å². The quantitative estimate of drug-likeness (QED) is 0.0413. The Balaban J connectivity index is 1.93. The van der Waals surface area contributed by atoms with Crippen LogP contribution in [0.25, 0.3) is 0 Å². The van der Waals surface area contributed by atoms with Gasteiger partial charge in [-0.2, -0.15) is 0 Å². The molecule has 0 aromatic heterocycles. The average Bonchev–Trinajstić information content (AvgIpc) is 3.14. The second-order valence-corrected chi connectivity index (χ2v) is 14.4. The number of ether oxygens (including phenoxy) is 4. The van der Waals surface area contributed by atoms with Gasteiger partial charge in [0.05, 0.1) is 32.0 Å². The number of rotatable bonds is 28. The summed E-state index contributed by atoms with van der Waals surface area (Å²) in [5.74, 6) is -0.255. The van der Waals surface area contributed by atoms with Gasteiger partial charge in [0.1, 0.15) is 48.8 Å². The Morgan fingerprint density at radius 2 is 1.19 bits per heavy atom. The van der Waals surface area contributed by atoms with Crippen LogP contribution in [0.15, 0.2) is 12.2 Å². The third kappa shape index (κ3) is 16.6. The predicted octanol–water partition coefficient (Wildman–Crippen LogP) is 2.09. The van der Waals surface area contributed by atoms with Gasteiger partial charge in [0, 0.05) is 6.42 Å². The third-order valence-corrected chi connectivity index (χ3v) is 9.97. The lowest BCUT2D eigenvalue weighted by atomic mass is 9.97. The van der Waals surface area contributed by atoms with E-state index in [1.807, 2.05) is 6.08 Å². The van der Waals surface area contributed by atoms with Gasteiger partial charge in [0.2, 0.25) is 5.91 Å². The van der Waals surface area contributed by atoms with E-state index in [0.717, 1.165) is 44.9 Å². The second kappa shape index (κ2) is 27.3. The molecule has 0 aliphatic carbocycles. The Morgan fingerprint density at radius 1 is 0.673 bits per heavy atom. The molecule has 14 nitrogen and oxygen atoms in total. The molecule has 0 saturated carbocycles. The van der Waals surface area contributed by atoms with Crippen molar-refractivity contribution in [2.45, 2.75) is 203 Å². The van der Waals surface area contributed by atoms with Crippen LogP contribution >= 0.6 is 0 Å². The van der Waals surface area contributed by atoms with E-state index >= 15 is 0 Å². The van der Waals surface area contributed by atoms with Crippen molar-refractivity contribution in [2.24, 2.45) is 0 Å². The fourth-order valence-electron chi connectivity index (χ4n) is 6.58. The smallest absolute Gasteiger partial charge is 0.220 e. The number of carbonyl (C=O) groups is 1. The number of carbonyl (C=O) groups excluding carboxylic acids is 1. The molecule has 2 aliphatic rings. The summed E-state index contributed by atoms with van der Waals surface area (Å²) in [6.45, 7) is 2.64. The number of hydrogen-bond acceptors (Lipinski definition) is 13. The van der Waals surface area contributed by atoms with E-state index in [4.69, 9.17) is 18.9 Å². The molecular formula is C38H71NO13. The number of aliphatic hydroxyl groups excluding tert-OH is 8. The van der Waals surface area contributed by atoms with Gasteiger partial charge in [-0.3, -0.25) is 4.79 Å². The van der Waals surface area contributed by atoms with Gasteiger partial charge < -0.3 is 65.1 Å². The van der Waals surface area contributed by atoms with Gasteiger partial charge in [0.25, 0.3) is 0 Å². The van der Waals surface area contributed by atoms with Crippen LogP contribution in [0.3, 0.4) is 0 Å². The first-order valence-electron chi connectivity index (χ1n) is 19.9. The van der Waals surface area contributed by atoms with Crippen molar-refractivity contribution in [3.05, 3.63) is 12.2 Å². The van der Waals surface area contributed by atoms with Crippen molar-refractivity contribution in [1.29, 1.82) is 0 Å². The molecule has 2 heterocycles. The van der Waals surface area contributed by atoms with Crippen LogP contribution in [0.5, 0.6) is 0 Å². The normalized spacial score (nSPS) is 30.8. The summed E-state index contributed by atoms with van der Waals surface area (Å²) >= 11 is 0. The minimum Gasteiger partial charge on any atom is -0.394 e. The van der Waals surface area contributed by atoms with Gasteiger partial charge in [-0.25, -0.2) is 0 Å². The van der Waals surface area contributed by atoms with Crippen LogP contribution in [0.4, 0.5) is 0 Å². The molecule has 52 heavy (non-hydrogen) atoms. The summed E-state index contributed by atoms with van der Waals surface area (Å²) in [5.41, 5.74) is 0. The highest BCUT2D eigenvalue weighted by molar-refractivity contribution is 5.76. The molecular weight excluding hydrogens is 678 g/mol. The third-order valence-electron chi connectivity index (χ3n) is 9.97. The molecule has 12 atom stereocenters. The fraction of sp³-hybridized carbons (Fsp3) is 0.921. The highest BCUT2D eigenvalue weighted by Crippen LogP contribution is 2.29. The van der Waals surface area contributed by atoms with Crippen molar-refractivity contribution in [1.82, 2.24) is 5.32 Å². The minimum atomic E-state index is -1.78. The predicted molar refractivity (Wildman–Crippen MR) is 194 cm³/mol. The molecule has 2 aliphatic heterocycles. The zero-order valence-corrected chi connectivity index (χ0v) is 31.6. The molecule has 0 aromatic rings. The summed E-state index contributed by atoms with van der Waals surface area (Å²) in [5, 5.41) is 85.8. The lowest BCUT2D eigenvalue weighted by molar-refractivity contribution is -0.359. The van der Waals surface area contributed by atoms with Crippen molar-refractivity contribution in [3.63, 3.8) is 0 Å². The first-order valence-corrected chi connectivity index (χ1v) is 19.9. The number of unbranched alkanes of at least 4 members (excludes halogenated alkanes) is 15. The summed E-state index contributed by atoms with van der Waals surface area (Å²) in [4.78, 5) is 12.8. The van der Waals surface area contributed by atoms with Crippen LogP contribution in [0, 0.1) is 0 Å². The Bertz CT molecular complexity index is 941. The maximum absolute atomic E-state index is 12.8. The molecule has 0 unspecified atom stereocenters. The molecule has 1 amide bonds. The van der Waals surface area contributed by atoms with Crippen LogP contribution in [0.2, 0.25) is 0 Å².